The van der Waals surface area contributed by atoms with Crippen LogP contribution in [0.4, 0.5) is 24.5 Å². The number of hydrogen-bond acceptors (Lipinski definition) is 6. The van der Waals surface area contributed by atoms with Gasteiger partial charge in [0.05, 0.1) is 11.9 Å². The Bertz CT molecular complexity index is 1400. The third kappa shape index (κ3) is 7.35. The van der Waals surface area contributed by atoms with Crippen molar-refractivity contribution in [3.8, 4) is 22.8 Å². The van der Waals surface area contributed by atoms with Crippen LogP contribution in [0.15, 0.2) is 89.2 Å². The molecule has 0 amide bonds. The molecule has 0 radical (unpaired) electrons. The van der Waals surface area contributed by atoms with Gasteiger partial charge in [0.2, 0.25) is 0 Å². The molecule has 0 saturated carbocycles. The van der Waals surface area contributed by atoms with Gasteiger partial charge in [0, 0.05) is 25.3 Å². The molecule has 0 aliphatic carbocycles. The van der Waals surface area contributed by atoms with E-state index in [1.54, 1.807) is 17.2 Å². The Balaban J connectivity index is 1.37. The highest BCUT2D eigenvalue weighted by Crippen LogP contribution is 2.23. The molecule has 0 atom stereocenters. The third-order valence-electron chi connectivity index (χ3n) is 5.23. The first-order valence-electron chi connectivity index (χ1n) is 11.3. The van der Waals surface area contributed by atoms with E-state index >= 15 is 0 Å². The lowest BCUT2D eigenvalue weighted by Crippen LogP contribution is -2.31. The van der Waals surface area contributed by atoms with Crippen molar-refractivity contribution >= 4 is 34.5 Å². The van der Waals surface area contributed by atoms with E-state index in [2.05, 4.69) is 30.3 Å². The van der Waals surface area contributed by atoms with Gasteiger partial charge in [-0.05, 0) is 77.5 Å². The zero-order valence-corrected chi connectivity index (χ0v) is 21.6. The SMILES string of the molecule is CSC(=Nc1ccc(N(C)C)cc1)NN=Cc1ccc(-c2nc[n+](-c3ccc(OC(F)(F)F)cc3)[nH]2)cc1. The molecular weight excluding hydrogens is 515 g/mol. The Hall–Kier alpha value is -4.32. The Labute approximate surface area is 221 Å². The summed E-state index contributed by atoms with van der Waals surface area (Å²) in [6.45, 7) is 0. The van der Waals surface area contributed by atoms with Crippen molar-refractivity contribution in [2.24, 2.45) is 10.1 Å². The van der Waals surface area contributed by atoms with E-state index in [1.165, 1.54) is 36.0 Å². The summed E-state index contributed by atoms with van der Waals surface area (Å²) in [7, 11) is 3.98. The zero-order chi connectivity index (χ0) is 27.1. The first-order chi connectivity index (χ1) is 18.2. The van der Waals surface area contributed by atoms with Crippen molar-refractivity contribution in [3.05, 3.63) is 84.7 Å². The lowest BCUT2D eigenvalue weighted by Gasteiger charge is -2.11. The number of aromatic amines is 1. The van der Waals surface area contributed by atoms with Gasteiger partial charge in [0.1, 0.15) is 5.75 Å². The lowest BCUT2D eigenvalue weighted by atomic mass is 10.1. The van der Waals surface area contributed by atoms with Gasteiger partial charge in [-0.15, -0.1) is 17.9 Å². The number of rotatable bonds is 7. The van der Waals surface area contributed by atoms with Crippen molar-refractivity contribution in [3.63, 3.8) is 0 Å². The molecule has 38 heavy (non-hydrogen) atoms. The molecular formula is C26H25F3N7OS+. The van der Waals surface area contributed by atoms with Crippen LogP contribution in [0.1, 0.15) is 5.56 Å². The molecule has 196 valence electrons. The fourth-order valence-electron chi connectivity index (χ4n) is 3.31. The van der Waals surface area contributed by atoms with Gasteiger partial charge in [-0.25, -0.2) is 4.99 Å². The van der Waals surface area contributed by atoms with Crippen LogP contribution in [0.5, 0.6) is 5.75 Å². The third-order valence-corrected chi connectivity index (χ3v) is 5.79. The molecule has 1 aromatic heterocycles. The number of halogens is 3. The van der Waals surface area contributed by atoms with Crippen LogP contribution in [0.3, 0.4) is 0 Å². The number of anilines is 1. The normalized spacial score (nSPS) is 12.1. The number of nitrogens with one attached hydrogen (secondary N) is 2. The van der Waals surface area contributed by atoms with Gasteiger partial charge < -0.3 is 9.64 Å². The summed E-state index contributed by atoms with van der Waals surface area (Å²) in [6, 6.07) is 21.0. The molecule has 3 aromatic carbocycles. The highest BCUT2D eigenvalue weighted by molar-refractivity contribution is 8.13. The number of nitrogens with zero attached hydrogens (tertiary/aromatic N) is 5. The van der Waals surface area contributed by atoms with Crippen molar-refractivity contribution in [1.29, 1.82) is 0 Å². The summed E-state index contributed by atoms with van der Waals surface area (Å²) in [5, 5.41) is 8.05. The number of ether oxygens (including phenoxy) is 1. The highest BCUT2D eigenvalue weighted by Gasteiger charge is 2.31. The summed E-state index contributed by atoms with van der Waals surface area (Å²) in [5.41, 5.74) is 7.20. The van der Waals surface area contributed by atoms with Crippen molar-refractivity contribution in [1.82, 2.24) is 15.5 Å². The minimum Gasteiger partial charge on any atom is -0.406 e. The number of aliphatic imine (C=N–C) groups is 1. The minimum atomic E-state index is -4.73. The minimum absolute atomic E-state index is 0.289. The van der Waals surface area contributed by atoms with Crippen LogP contribution in [-0.2, 0) is 0 Å². The number of aromatic nitrogens is 3. The predicted molar refractivity (Wildman–Crippen MR) is 144 cm³/mol. The second-order valence-electron chi connectivity index (χ2n) is 8.14. The molecule has 0 spiro atoms. The van der Waals surface area contributed by atoms with E-state index in [0.717, 1.165) is 22.5 Å². The zero-order valence-electron chi connectivity index (χ0n) is 20.8. The number of hydrogen-bond donors (Lipinski definition) is 2. The van der Waals surface area contributed by atoms with Crippen molar-refractivity contribution in [2.45, 2.75) is 6.36 Å². The average Bonchev–Trinajstić information content (AvgIpc) is 3.39. The van der Waals surface area contributed by atoms with Crippen LogP contribution < -0.4 is 19.7 Å². The average molecular weight is 541 g/mol. The maximum atomic E-state index is 12.4. The van der Waals surface area contributed by atoms with Gasteiger partial charge >= 0.3 is 12.7 Å². The van der Waals surface area contributed by atoms with Crippen molar-refractivity contribution < 1.29 is 22.6 Å². The largest absolute Gasteiger partial charge is 0.573 e. The summed E-state index contributed by atoms with van der Waals surface area (Å²) in [5.74, 6) is 0.308. The molecule has 4 rings (SSSR count). The van der Waals surface area contributed by atoms with Crippen LogP contribution in [0, 0.1) is 0 Å². The van der Waals surface area contributed by atoms with E-state index in [9.17, 15) is 13.2 Å². The molecule has 0 aliphatic rings. The topological polar surface area (TPSA) is 81.8 Å². The Morgan fingerprint density at radius 2 is 1.71 bits per heavy atom. The molecule has 1 heterocycles. The quantitative estimate of drug-likeness (QED) is 0.144. The Kier molecular flexibility index (Phi) is 8.31. The van der Waals surface area contributed by atoms with Gasteiger partial charge in [0.25, 0.3) is 5.82 Å². The van der Waals surface area contributed by atoms with Crippen LogP contribution in [0.25, 0.3) is 17.1 Å². The molecule has 12 heteroatoms. The number of H-pyrrole nitrogens is 1. The number of amidine groups is 1. The fourth-order valence-corrected chi connectivity index (χ4v) is 3.65. The van der Waals surface area contributed by atoms with Gasteiger partial charge in [-0.2, -0.15) is 10.2 Å². The molecule has 2 N–H and O–H groups in total. The first-order valence-corrected chi connectivity index (χ1v) is 12.5. The monoisotopic (exact) mass is 540 g/mol. The first kappa shape index (κ1) is 26.7. The van der Waals surface area contributed by atoms with E-state index < -0.39 is 6.36 Å². The molecule has 4 aromatic rings. The van der Waals surface area contributed by atoms with Crippen molar-refractivity contribution in [2.75, 3.05) is 25.3 Å². The summed E-state index contributed by atoms with van der Waals surface area (Å²) >= 11 is 1.46. The number of thioether (sulfide) groups is 1. The summed E-state index contributed by atoms with van der Waals surface area (Å²) in [6.07, 6.45) is 0.431. The molecule has 0 bridgehead atoms. The second-order valence-corrected chi connectivity index (χ2v) is 8.94. The molecule has 0 unspecified atom stereocenters. The number of alkyl halides is 3. The highest BCUT2D eigenvalue weighted by atomic mass is 32.2. The number of benzene rings is 3. The van der Waals surface area contributed by atoms with E-state index in [1.807, 2.05) is 73.8 Å². The predicted octanol–water partition coefficient (Wildman–Crippen LogP) is 5.29. The Morgan fingerprint density at radius 3 is 2.32 bits per heavy atom. The van der Waals surface area contributed by atoms with Gasteiger partial charge in [0.15, 0.2) is 10.9 Å². The molecule has 0 fully saturated rings. The fraction of sp³-hybridized carbons (Fsp3) is 0.154. The molecule has 8 nitrogen and oxygen atoms in total. The van der Waals surface area contributed by atoms with Crippen LogP contribution >= 0.6 is 11.8 Å². The maximum Gasteiger partial charge on any atom is 0.573 e. The maximum absolute atomic E-state index is 12.4. The Morgan fingerprint density at radius 1 is 1.03 bits per heavy atom. The van der Waals surface area contributed by atoms with E-state index in [-0.39, 0.29) is 5.75 Å². The molecule has 0 saturated heterocycles. The van der Waals surface area contributed by atoms with Gasteiger partial charge in [-0.1, -0.05) is 23.9 Å². The van der Waals surface area contributed by atoms with E-state index in [0.29, 0.717) is 16.7 Å². The van der Waals surface area contributed by atoms with Gasteiger partial charge in [-0.3, -0.25) is 5.43 Å². The number of hydrazone groups is 1. The summed E-state index contributed by atoms with van der Waals surface area (Å²) < 4.78 is 42.6. The lowest BCUT2D eigenvalue weighted by molar-refractivity contribution is -0.656. The second kappa shape index (κ2) is 11.8. The molecule has 0 aliphatic heterocycles. The van der Waals surface area contributed by atoms with Crippen LogP contribution in [0.2, 0.25) is 0 Å². The standard InChI is InChI=1S/C26H24F3N7OS/c1-35(2)21-10-8-20(9-11-21)32-25(38-3)33-31-16-18-4-6-19(7-5-18)24-30-17-36(34-24)22-12-14-23(15-13-22)37-26(27,28)29/h4-17H,1-3H3,(H,32,33,34)/p+1. The summed E-state index contributed by atoms with van der Waals surface area (Å²) in [4.78, 5) is 11.0. The smallest absolute Gasteiger partial charge is 0.406 e. The van der Waals surface area contributed by atoms with E-state index in [4.69, 9.17) is 0 Å². The van der Waals surface area contributed by atoms with Crippen LogP contribution in [-0.4, -0.2) is 48.2 Å².